The van der Waals surface area contributed by atoms with E-state index in [1.54, 1.807) is 29.2 Å². The van der Waals surface area contributed by atoms with E-state index in [1.165, 1.54) is 7.05 Å². The van der Waals surface area contributed by atoms with Crippen LogP contribution in [0.3, 0.4) is 0 Å². The quantitative estimate of drug-likeness (QED) is 0.468. The Morgan fingerprint density at radius 1 is 1.04 bits per heavy atom. The molecule has 0 radical (unpaired) electrons. The van der Waals surface area contributed by atoms with E-state index < -0.39 is 41.6 Å². The van der Waals surface area contributed by atoms with Gasteiger partial charge < -0.3 is 15.1 Å². The van der Waals surface area contributed by atoms with Crippen molar-refractivity contribution in [3.63, 3.8) is 0 Å². The molecule has 3 atom stereocenters. The average molecular weight is 691 g/mol. The zero-order valence-electron chi connectivity index (χ0n) is 26.5. The van der Waals surface area contributed by atoms with Gasteiger partial charge in [0.25, 0.3) is 5.56 Å². The van der Waals surface area contributed by atoms with Gasteiger partial charge in [0.2, 0.25) is 0 Å². The van der Waals surface area contributed by atoms with Crippen LogP contribution in [0.15, 0.2) is 33.9 Å². The first-order chi connectivity index (χ1) is 22.8. The van der Waals surface area contributed by atoms with Crippen LogP contribution in [0.2, 0.25) is 5.02 Å². The predicted octanol–water partition coefficient (Wildman–Crippen LogP) is 3.41. The Labute approximate surface area is 279 Å². The highest BCUT2D eigenvalue weighted by Crippen LogP contribution is 2.60. The summed E-state index contributed by atoms with van der Waals surface area (Å²) < 4.78 is 43.2. The second-order valence-corrected chi connectivity index (χ2v) is 15.2. The van der Waals surface area contributed by atoms with Crippen molar-refractivity contribution in [1.29, 1.82) is 0 Å². The summed E-state index contributed by atoms with van der Waals surface area (Å²) in [6.07, 6.45) is -0.202. The summed E-state index contributed by atoms with van der Waals surface area (Å²) in [6.45, 7) is 1.22. The van der Waals surface area contributed by atoms with Crippen molar-refractivity contribution in [2.24, 2.45) is 36.1 Å². The smallest absolute Gasteiger partial charge is 0.327 e. The number of nitrogens with one attached hydrogen (secondary N) is 1. The molecule has 258 valence electrons. The number of fused-ring (bicyclic) bond motifs is 2. The first kappa shape index (κ1) is 31.9. The fourth-order valence-electron chi connectivity index (χ4n) is 10.2. The molecule has 2 aromatic rings. The number of hydroxylamine groups is 1. The minimum Gasteiger partial charge on any atom is -0.327 e. The van der Waals surface area contributed by atoms with Crippen molar-refractivity contribution in [1.82, 2.24) is 19.4 Å². The van der Waals surface area contributed by atoms with Gasteiger partial charge in [-0.25, -0.2) is 9.59 Å². The van der Waals surface area contributed by atoms with E-state index in [2.05, 4.69) is 5.32 Å². The molecule has 6 fully saturated rings. The molecule has 2 saturated heterocycles. The number of ketones is 1. The van der Waals surface area contributed by atoms with Gasteiger partial charge in [0.05, 0.1) is 6.54 Å². The summed E-state index contributed by atoms with van der Waals surface area (Å²) in [5.74, 6) is -1.31. The fraction of sp³-hybridized carbons (Fsp3) is 0.636. The Morgan fingerprint density at radius 2 is 1.71 bits per heavy atom. The van der Waals surface area contributed by atoms with Gasteiger partial charge in [-0.15, -0.1) is 5.06 Å². The molecule has 4 aliphatic carbocycles. The van der Waals surface area contributed by atoms with Crippen LogP contribution < -0.4 is 26.5 Å². The summed E-state index contributed by atoms with van der Waals surface area (Å²) in [4.78, 5) is 63.8. The molecule has 4 saturated carbocycles. The van der Waals surface area contributed by atoms with Crippen LogP contribution in [0.1, 0.15) is 50.5 Å². The number of nitrogens with zero attached hydrogens (tertiary/aromatic N) is 5. The van der Waals surface area contributed by atoms with Crippen LogP contribution in [-0.2, 0) is 34.6 Å². The molecule has 1 aromatic heterocycles. The van der Waals surface area contributed by atoms with Crippen molar-refractivity contribution >= 4 is 34.9 Å². The van der Waals surface area contributed by atoms with Gasteiger partial charge in [-0.05, 0) is 86.8 Å². The van der Waals surface area contributed by atoms with Crippen molar-refractivity contribution < 1.29 is 27.6 Å². The van der Waals surface area contributed by atoms with E-state index in [4.69, 9.17) is 16.4 Å². The molecular weight excluding hydrogens is 653 g/mol. The second-order valence-electron chi connectivity index (χ2n) is 14.8. The summed E-state index contributed by atoms with van der Waals surface area (Å²) in [6, 6.07) is 6.76. The number of likely N-dealkylation sites (tertiary alicyclic amines) is 1. The number of hydrogen-bond acceptors (Lipinski definition) is 9. The molecule has 1 aromatic carbocycles. The van der Waals surface area contributed by atoms with Gasteiger partial charge in [-0.2, -0.15) is 13.2 Å². The number of carbonyl (C=O) groups is 2. The van der Waals surface area contributed by atoms with Crippen molar-refractivity contribution in [2.45, 2.75) is 76.5 Å². The molecular formula is C33H38ClF3N6O5. The minimum absolute atomic E-state index is 0.0465. The maximum atomic E-state index is 14.6. The maximum absolute atomic E-state index is 14.6. The minimum atomic E-state index is -5.35. The van der Waals surface area contributed by atoms with Gasteiger partial charge in [0, 0.05) is 43.2 Å². The van der Waals surface area contributed by atoms with E-state index in [-0.39, 0.29) is 35.8 Å². The number of halogens is 4. The van der Waals surface area contributed by atoms with E-state index in [9.17, 15) is 32.3 Å². The van der Waals surface area contributed by atoms with E-state index in [1.807, 2.05) is 4.90 Å². The fourth-order valence-corrected chi connectivity index (χ4v) is 10.4. The Hall–Kier alpha value is -3.36. The molecule has 7 aliphatic rings. The zero-order valence-corrected chi connectivity index (χ0v) is 27.3. The Morgan fingerprint density at radius 3 is 2.35 bits per heavy atom. The summed E-state index contributed by atoms with van der Waals surface area (Å²) in [5, 5.41) is 4.45. The molecule has 3 aliphatic heterocycles. The average Bonchev–Trinajstić information content (AvgIpc) is 3.72. The summed E-state index contributed by atoms with van der Waals surface area (Å²) in [7, 11) is 1.32. The van der Waals surface area contributed by atoms with Crippen molar-refractivity contribution in [3.8, 4) is 0 Å². The number of benzene rings is 1. The molecule has 1 N–H and O–H groups in total. The van der Waals surface area contributed by atoms with Gasteiger partial charge in [-0.1, -0.05) is 29.8 Å². The molecule has 15 heteroatoms. The molecule has 48 heavy (non-hydrogen) atoms. The van der Waals surface area contributed by atoms with Crippen LogP contribution >= 0.6 is 11.6 Å². The van der Waals surface area contributed by atoms with Gasteiger partial charge in [0.1, 0.15) is 0 Å². The number of rotatable bonds is 7. The molecule has 4 bridgehead atoms. The molecule has 9 rings (SSSR count). The standard InChI is InChI=1S/C33H38ClF3N6O5/c1-39-27-26(28(45)42(31(39)47)17-25(44)32-11-18-8-19(12-32)10-20(9-18)13-32)41(16-22-4-2-3-5-23(22)34)30(43(27)48-29(46)33(35,36)37)40-7-6-21-14-38-15-24(21)40/h2-5,18-21,24,30,38H,6-17H2,1H3. The van der Waals surface area contributed by atoms with Gasteiger partial charge >= 0.3 is 17.8 Å². The van der Waals surface area contributed by atoms with Crippen LogP contribution in [-0.4, -0.2) is 63.9 Å². The van der Waals surface area contributed by atoms with Gasteiger partial charge in [-0.3, -0.25) is 23.6 Å². The highest BCUT2D eigenvalue weighted by atomic mass is 35.5. The van der Waals surface area contributed by atoms with Crippen LogP contribution in [0.5, 0.6) is 0 Å². The third-order valence-corrected chi connectivity index (χ3v) is 12.3. The molecule has 11 nitrogen and oxygen atoms in total. The van der Waals surface area contributed by atoms with Crippen LogP contribution in [0.25, 0.3) is 0 Å². The topological polar surface area (TPSA) is 109 Å². The zero-order chi connectivity index (χ0) is 33.7. The number of carbonyl (C=O) groups excluding carboxylic acids is 2. The monoisotopic (exact) mass is 690 g/mol. The number of hydrogen-bond donors (Lipinski definition) is 1. The second kappa shape index (κ2) is 11.3. The highest BCUT2D eigenvalue weighted by molar-refractivity contribution is 6.31. The van der Waals surface area contributed by atoms with Gasteiger partial charge in [0.15, 0.2) is 23.6 Å². The molecule has 0 amide bonds. The normalized spacial score (nSPS) is 32.2. The number of Topliss-reactive ketones (excluding diaryl/α,β-unsaturated/α-hetero) is 1. The van der Waals surface area contributed by atoms with E-state index in [0.29, 0.717) is 48.0 Å². The third-order valence-electron chi connectivity index (χ3n) is 11.9. The molecule has 3 unspecified atom stereocenters. The predicted molar refractivity (Wildman–Crippen MR) is 169 cm³/mol. The lowest BCUT2D eigenvalue weighted by atomic mass is 9.48. The number of anilines is 2. The maximum Gasteiger partial charge on any atom is 0.493 e. The Balaban J connectivity index is 1.26. The first-order valence-corrected chi connectivity index (χ1v) is 17.1. The lowest BCUT2D eigenvalue weighted by molar-refractivity contribution is -0.203. The van der Waals surface area contributed by atoms with E-state index >= 15 is 0 Å². The van der Waals surface area contributed by atoms with Crippen LogP contribution in [0, 0.1) is 29.1 Å². The molecule has 0 spiro atoms. The summed E-state index contributed by atoms with van der Waals surface area (Å²) >= 11 is 6.57. The van der Waals surface area contributed by atoms with Crippen molar-refractivity contribution in [3.05, 3.63) is 55.7 Å². The Kier molecular flexibility index (Phi) is 7.53. The Bertz CT molecular complexity index is 1760. The third kappa shape index (κ3) is 5.00. The summed E-state index contributed by atoms with van der Waals surface area (Å²) in [5.41, 5.74) is -1.83. The lowest BCUT2D eigenvalue weighted by Gasteiger charge is -2.56. The number of aromatic nitrogens is 2. The van der Waals surface area contributed by atoms with E-state index in [0.717, 1.165) is 59.1 Å². The highest BCUT2D eigenvalue weighted by Gasteiger charge is 2.56. The molecule has 4 heterocycles. The lowest BCUT2D eigenvalue weighted by Crippen LogP contribution is -2.59. The largest absolute Gasteiger partial charge is 0.493 e. The number of alkyl halides is 3. The van der Waals surface area contributed by atoms with Crippen molar-refractivity contribution in [2.75, 3.05) is 29.6 Å². The van der Waals surface area contributed by atoms with Crippen LogP contribution in [0.4, 0.5) is 24.7 Å². The SMILES string of the molecule is Cn1c2c(c(=O)n(CC(=O)C34CC5CC(CC(C5)C3)C4)c1=O)N(Cc1ccccc1Cl)C(N1CCC3CNCC31)N2OC(=O)C(F)(F)F. The first-order valence-electron chi connectivity index (χ1n) is 16.8.